The van der Waals surface area contributed by atoms with Gasteiger partial charge in [-0.25, -0.2) is 22.9 Å². The van der Waals surface area contributed by atoms with Crippen molar-refractivity contribution in [1.29, 1.82) is 0 Å². The topological polar surface area (TPSA) is 204 Å². The summed E-state index contributed by atoms with van der Waals surface area (Å²) in [6, 6.07) is 0.949. The van der Waals surface area contributed by atoms with Gasteiger partial charge in [0, 0.05) is 6.20 Å². The molecule has 1 aliphatic heterocycles. The Bertz CT molecular complexity index is 832. The number of phosphoric acid groups is 2. The van der Waals surface area contributed by atoms with Gasteiger partial charge in [-0.15, -0.1) is 0 Å². The van der Waals surface area contributed by atoms with Crippen molar-refractivity contribution >= 4 is 21.5 Å². The Morgan fingerprint density at radius 1 is 1.42 bits per heavy atom. The molecule has 5 atom stereocenters. The van der Waals surface area contributed by atoms with E-state index in [1.165, 1.54) is 0 Å². The number of alkyl halides is 2. The van der Waals surface area contributed by atoms with Crippen molar-refractivity contribution in [3.63, 3.8) is 0 Å². The highest BCUT2D eigenvalue weighted by atomic mass is 31.3. The van der Waals surface area contributed by atoms with Crippen LogP contribution in [-0.4, -0.2) is 54.3 Å². The summed E-state index contributed by atoms with van der Waals surface area (Å²) >= 11 is 0. The third-order valence-corrected chi connectivity index (χ3v) is 5.25. The minimum atomic E-state index is -5.42. The second-order valence-electron chi connectivity index (χ2n) is 5.00. The number of halogens is 2. The van der Waals surface area contributed by atoms with E-state index in [9.17, 15) is 27.8 Å². The van der Waals surface area contributed by atoms with Gasteiger partial charge < -0.3 is 30.3 Å². The molecule has 0 saturated carbocycles. The quantitative estimate of drug-likeness (QED) is 0.340. The number of hydrogen-bond donors (Lipinski definition) is 5. The zero-order valence-electron chi connectivity index (χ0n) is 12.5. The Morgan fingerprint density at radius 2 is 2.04 bits per heavy atom. The normalized spacial score (nSPS) is 31.7. The molecule has 1 aromatic rings. The number of nitrogens with zero attached hydrogens (tertiary/aromatic N) is 2. The first-order chi connectivity index (χ1) is 11.8. The van der Waals surface area contributed by atoms with Crippen LogP contribution in [0.3, 0.4) is 0 Å². The summed E-state index contributed by atoms with van der Waals surface area (Å²) in [7, 11) is -10.8. The summed E-state index contributed by atoms with van der Waals surface area (Å²) < 4.78 is 63.1. The Hall–Kier alpha value is -1.28. The van der Waals surface area contributed by atoms with Crippen LogP contribution in [0.1, 0.15) is 0 Å². The Labute approximate surface area is 142 Å². The molecule has 1 aromatic heterocycles. The predicted octanol–water partition coefficient (Wildman–Crippen LogP) is -1.27. The average molecular weight is 423 g/mol. The molecule has 0 aromatic carbocycles. The molecule has 0 spiro atoms. The van der Waals surface area contributed by atoms with E-state index in [2.05, 4.69) is 18.6 Å². The number of phosphoric ester groups is 1. The summed E-state index contributed by atoms with van der Waals surface area (Å²) in [6.07, 6.45) is -6.36. The van der Waals surface area contributed by atoms with Crippen LogP contribution in [0.4, 0.5) is 14.6 Å². The van der Waals surface area contributed by atoms with Crippen LogP contribution in [0.15, 0.2) is 17.1 Å². The Kier molecular flexibility index (Phi) is 5.69. The summed E-state index contributed by atoms with van der Waals surface area (Å²) in [5.41, 5.74) is 3.87. The molecule has 0 amide bonds. The van der Waals surface area contributed by atoms with Crippen LogP contribution < -0.4 is 11.4 Å². The minimum Gasteiger partial charge on any atom is -0.387 e. The summed E-state index contributed by atoms with van der Waals surface area (Å²) in [6.45, 7) is -1.21. The van der Waals surface area contributed by atoms with E-state index >= 15 is 0 Å². The highest BCUT2D eigenvalue weighted by Crippen LogP contribution is 2.57. The van der Waals surface area contributed by atoms with E-state index in [0.29, 0.717) is 6.20 Å². The van der Waals surface area contributed by atoms with Crippen molar-refractivity contribution in [2.24, 2.45) is 0 Å². The highest BCUT2D eigenvalue weighted by molar-refractivity contribution is 7.60. The van der Waals surface area contributed by atoms with Crippen molar-refractivity contribution in [2.45, 2.75) is 24.4 Å². The van der Waals surface area contributed by atoms with Gasteiger partial charge in [-0.1, -0.05) is 0 Å². The van der Waals surface area contributed by atoms with E-state index in [4.69, 9.17) is 20.4 Å². The minimum absolute atomic E-state index is 0.0575. The molecule has 13 nitrogen and oxygen atoms in total. The molecule has 0 bridgehead atoms. The molecule has 26 heavy (non-hydrogen) atoms. The van der Waals surface area contributed by atoms with Crippen LogP contribution >= 0.6 is 15.6 Å². The van der Waals surface area contributed by atoms with Gasteiger partial charge in [-0.2, -0.15) is 13.7 Å². The molecular formula is C9H13F2N3O10P2. The van der Waals surface area contributed by atoms with Gasteiger partial charge in [0.2, 0.25) is 6.17 Å². The van der Waals surface area contributed by atoms with Crippen molar-refractivity contribution in [3.8, 4) is 0 Å². The maximum Gasteiger partial charge on any atom is 0.481 e. The first-order valence-corrected chi connectivity index (χ1v) is 9.56. The van der Waals surface area contributed by atoms with E-state index in [0.717, 1.165) is 6.07 Å². The molecular weight excluding hydrogens is 410 g/mol. The molecule has 0 aliphatic carbocycles. The molecule has 2 rings (SSSR count). The van der Waals surface area contributed by atoms with Gasteiger partial charge in [0.1, 0.15) is 18.0 Å². The lowest BCUT2D eigenvalue weighted by Gasteiger charge is -2.23. The molecule has 17 heteroatoms. The maximum absolute atomic E-state index is 14.8. The van der Waals surface area contributed by atoms with E-state index in [-0.39, 0.29) is 10.4 Å². The molecule has 148 valence electrons. The fraction of sp³-hybridized carbons (Fsp3) is 0.556. The van der Waals surface area contributed by atoms with Gasteiger partial charge in [0.25, 0.3) is 0 Å². The lowest BCUT2D eigenvalue weighted by Crippen LogP contribution is -2.45. The molecule has 2 heterocycles. The summed E-state index contributed by atoms with van der Waals surface area (Å²) in [4.78, 5) is 40.8. The molecule has 0 radical (unpaired) electrons. The molecule has 6 N–H and O–H groups in total. The van der Waals surface area contributed by atoms with Crippen LogP contribution in [0.5, 0.6) is 0 Å². The largest absolute Gasteiger partial charge is 0.481 e. The number of nitrogen functional groups attached to an aromatic ring is 1. The van der Waals surface area contributed by atoms with Gasteiger partial charge in [0.05, 0.1) is 6.61 Å². The first-order valence-electron chi connectivity index (χ1n) is 6.54. The second kappa shape index (κ2) is 7.03. The van der Waals surface area contributed by atoms with E-state index in [1.54, 1.807) is 0 Å². The number of aromatic nitrogens is 2. The number of anilines is 1. The number of aliphatic hydroxyl groups is 1. The summed E-state index contributed by atoms with van der Waals surface area (Å²) in [5, 5.41) is 9.68. The van der Waals surface area contributed by atoms with Crippen molar-refractivity contribution in [1.82, 2.24) is 9.55 Å². The van der Waals surface area contributed by atoms with Crippen LogP contribution in [0, 0.1) is 0 Å². The number of ether oxygens (including phenoxy) is 1. The predicted molar refractivity (Wildman–Crippen MR) is 76.7 cm³/mol. The third-order valence-electron chi connectivity index (χ3n) is 3.10. The van der Waals surface area contributed by atoms with E-state index < -0.39 is 52.3 Å². The van der Waals surface area contributed by atoms with Gasteiger partial charge in [-0.05, 0) is 6.07 Å². The van der Waals surface area contributed by atoms with Crippen LogP contribution in [-0.2, 0) is 28.7 Å². The number of aliphatic hydroxyl groups excluding tert-OH is 1. The molecule has 1 saturated heterocycles. The third kappa shape index (κ3) is 4.52. The fourth-order valence-electron chi connectivity index (χ4n) is 2.04. The smallest absolute Gasteiger partial charge is 0.387 e. The van der Waals surface area contributed by atoms with Gasteiger partial charge in [0.15, 0.2) is 0 Å². The second-order valence-corrected chi connectivity index (χ2v) is 7.83. The molecule has 1 unspecified atom stereocenters. The maximum atomic E-state index is 14.8. The lowest BCUT2D eigenvalue weighted by molar-refractivity contribution is -0.226. The van der Waals surface area contributed by atoms with Gasteiger partial charge in [-0.3, -0.25) is 4.52 Å². The number of rotatable bonds is 6. The van der Waals surface area contributed by atoms with Crippen molar-refractivity contribution in [2.75, 3.05) is 12.3 Å². The average Bonchev–Trinajstić information content (AvgIpc) is 2.68. The zero-order chi connectivity index (χ0) is 19.9. The fourth-order valence-corrected chi connectivity index (χ4v) is 3.64. The zero-order valence-corrected chi connectivity index (χ0v) is 14.2. The highest BCUT2D eigenvalue weighted by Gasteiger charge is 2.59. The lowest BCUT2D eigenvalue weighted by atomic mass is 10.1. The molecule has 1 fully saturated rings. The number of hydrogen-bond acceptors (Lipinski definition) is 9. The standard InChI is InChI=1S/C9H13F2N3O10P2/c10-7-6(15)4(3-22-26(20,21)24-25(17,18)19)23-9(7,11)14-2-1-5(12)13-8(14)16/h1-2,4,6-7,15H,3H2,(H,20,21)(H2,12,13,16)(H2,17,18,19)/t4-,6-,7-,9+/m1/s1. The summed E-state index contributed by atoms with van der Waals surface area (Å²) in [5.74, 6) is -3.84. The SMILES string of the molecule is Nc1ccn([C@]2(F)O[C@H](COP(=O)(O)OP(=O)(O)O)[C@@H](O)[C@H]2F)c(=O)n1. The van der Waals surface area contributed by atoms with Gasteiger partial charge >= 0.3 is 27.3 Å². The monoisotopic (exact) mass is 423 g/mol. The van der Waals surface area contributed by atoms with Crippen LogP contribution in [0.2, 0.25) is 0 Å². The van der Waals surface area contributed by atoms with Crippen molar-refractivity contribution < 1.29 is 51.3 Å². The Balaban J connectivity index is 2.18. The first kappa shape index (κ1) is 21.0. The van der Waals surface area contributed by atoms with Crippen LogP contribution in [0.25, 0.3) is 0 Å². The molecule has 1 aliphatic rings. The Morgan fingerprint density at radius 3 is 2.58 bits per heavy atom. The van der Waals surface area contributed by atoms with Crippen molar-refractivity contribution in [3.05, 3.63) is 22.7 Å². The number of nitrogens with two attached hydrogens (primary N) is 1. The van der Waals surface area contributed by atoms with E-state index in [1.807, 2.05) is 0 Å².